The van der Waals surface area contributed by atoms with Crippen LogP contribution < -0.4 is 10.0 Å². The maximum atomic E-state index is 12.6. The Morgan fingerprint density at radius 2 is 1.46 bits per heavy atom. The predicted molar refractivity (Wildman–Crippen MR) is 103 cm³/mol. The number of hydrogen-bond acceptors (Lipinski definition) is 3. The van der Waals surface area contributed by atoms with Gasteiger partial charge in [0.05, 0.1) is 4.90 Å². The number of amides is 2. The van der Waals surface area contributed by atoms with Crippen LogP contribution in [-0.4, -0.2) is 38.5 Å². The first kappa shape index (κ1) is 19.2. The quantitative estimate of drug-likeness (QED) is 0.837. The molecule has 1 aliphatic heterocycles. The Hall–Kier alpha value is -1.60. The summed E-state index contributed by atoms with van der Waals surface area (Å²) in [6, 6.07) is 6.33. The van der Waals surface area contributed by atoms with Crippen LogP contribution in [0.5, 0.6) is 0 Å². The van der Waals surface area contributed by atoms with E-state index in [1.165, 1.54) is 19.3 Å². The minimum absolute atomic E-state index is 0.0230. The number of anilines is 1. The Bertz CT molecular complexity index is 689. The molecule has 0 aromatic heterocycles. The number of urea groups is 1. The fraction of sp³-hybridized carbons (Fsp3) is 0.632. The SMILES string of the molecule is O=C(Nc1ccc(S(=O)(=O)NC2CCCCCCC2)cc1)N1CCCC1. The van der Waals surface area contributed by atoms with Crippen LogP contribution in [0.3, 0.4) is 0 Å². The molecule has 2 aliphatic rings. The third kappa shape index (κ3) is 5.20. The van der Waals surface area contributed by atoms with Gasteiger partial charge in [0.2, 0.25) is 10.0 Å². The van der Waals surface area contributed by atoms with E-state index in [1.807, 2.05) is 0 Å². The number of sulfonamides is 1. The third-order valence-corrected chi connectivity index (χ3v) is 6.77. The molecule has 1 heterocycles. The van der Waals surface area contributed by atoms with Gasteiger partial charge in [-0.2, -0.15) is 0 Å². The molecular weight excluding hydrogens is 350 g/mol. The maximum Gasteiger partial charge on any atom is 0.321 e. The lowest BCUT2D eigenvalue weighted by Gasteiger charge is -2.21. The zero-order valence-corrected chi connectivity index (χ0v) is 16.1. The van der Waals surface area contributed by atoms with Gasteiger partial charge in [-0.1, -0.05) is 32.1 Å². The van der Waals surface area contributed by atoms with E-state index in [4.69, 9.17) is 0 Å². The van der Waals surface area contributed by atoms with Crippen molar-refractivity contribution in [1.29, 1.82) is 0 Å². The van der Waals surface area contributed by atoms with E-state index in [9.17, 15) is 13.2 Å². The fourth-order valence-corrected chi connectivity index (χ4v) is 5.01. The van der Waals surface area contributed by atoms with Crippen molar-refractivity contribution >= 4 is 21.7 Å². The summed E-state index contributed by atoms with van der Waals surface area (Å²) in [5, 5.41) is 2.83. The molecule has 0 bridgehead atoms. The Morgan fingerprint density at radius 1 is 0.885 bits per heavy atom. The van der Waals surface area contributed by atoms with Crippen molar-refractivity contribution in [2.75, 3.05) is 18.4 Å². The van der Waals surface area contributed by atoms with Gasteiger partial charge in [0, 0.05) is 24.8 Å². The second-order valence-corrected chi connectivity index (χ2v) is 9.03. The van der Waals surface area contributed by atoms with Crippen molar-refractivity contribution < 1.29 is 13.2 Å². The molecule has 2 fully saturated rings. The molecule has 0 radical (unpaired) electrons. The van der Waals surface area contributed by atoms with E-state index in [-0.39, 0.29) is 17.0 Å². The monoisotopic (exact) mass is 379 g/mol. The average Bonchev–Trinajstić information content (AvgIpc) is 3.12. The number of carbonyl (C=O) groups is 1. The number of nitrogens with zero attached hydrogens (tertiary/aromatic N) is 1. The zero-order valence-electron chi connectivity index (χ0n) is 15.2. The lowest BCUT2D eigenvalue weighted by atomic mass is 9.97. The van der Waals surface area contributed by atoms with Crippen LogP contribution in [0.2, 0.25) is 0 Å². The number of likely N-dealkylation sites (tertiary alicyclic amines) is 1. The number of carbonyl (C=O) groups excluding carboxylic acids is 1. The van der Waals surface area contributed by atoms with Gasteiger partial charge in [0.25, 0.3) is 0 Å². The van der Waals surface area contributed by atoms with Gasteiger partial charge >= 0.3 is 6.03 Å². The minimum atomic E-state index is -3.52. The van der Waals surface area contributed by atoms with Crippen molar-refractivity contribution in [3.8, 4) is 0 Å². The highest BCUT2D eigenvalue weighted by atomic mass is 32.2. The first-order valence-corrected chi connectivity index (χ1v) is 11.2. The van der Waals surface area contributed by atoms with Crippen molar-refractivity contribution in [3.63, 3.8) is 0 Å². The van der Waals surface area contributed by atoms with Gasteiger partial charge in [-0.25, -0.2) is 17.9 Å². The lowest BCUT2D eigenvalue weighted by Crippen LogP contribution is -2.35. The molecule has 0 atom stereocenters. The Morgan fingerprint density at radius 3 is 2.08 bits per heavy atom. The topological polar surface area (TPSA) is 78.5 Å². The summed E-state index contributed by atoms with van der Waals surface area (Å²) < 4.78 is 28.1. The van der Waals surface area contributed by atoms with Crippen molar-refractivity contribution in [1.82, 2.24) is 9.62 Å². The highest BCUT2D eigenvalue weighted by Gasteiger charge is 2.21. The molecule has 6 nitrogen and oxygen atoms in total. The molecule has 2 N–H and O–H groups in total. The van der Waals surface area contributed by atoms with Crippen LogP contribution in [0.25, 0.3) is 0 Å². The van der Waals surface area contributed by atoms with Crippen LogP contribution in [0.1, 0.15) is 57.8 Å². The van der Waals surface area contributed by atoms with E-state index in [2.05, 4.69) is 10.0 Å². The van der Waals surface area contributed by atoms with Gasteiger partial charge in [-0.05, 0) is 49.9 Å². The standard InChI is InChI=1S/C19H29N3O3S/c23-19(22-14-6-7-15-22)20-16-10-12-18(13-11-16)26(24,25)21-17-8-4-2-1-3-5-9-17/h10-13,17,21H,1-9,14-15H2,(H,20,23). The molecule has 26 heavy (non-hydrogen) atoms. The molecule has 144 valence electrons. The van der Waals surface area contributed by atoms with Gasteiger partial charge < -0.3 is 10.2 Å². The van der Waals surface area contributed by atoms with E-state index in [0.717, 1.165) is 51.6 Å². The zero-order chi connectivity index (χ0) is 18.4. The molecule has 2 amide bonds. The van der Waals surface area contributed by atoms with E-state index in [1.54, 1.807) is 29.2 Å². The molecule has 0 unspecified atom stereocenters. The summed E-state index contributed by atoms with van der Waals surface area (Å²) in [4.78, 5) is 14.1. The molecule has 1 aliphatic carbocycles. The summed E-state index contributed by atoms with van der Waals surface area (Å²) in [6.07, 6.45) is 9.67. The van der Waals surface area contributed by atoms with Crippen LogP contribution >= 0.6 is 0 Å². The first-order valence-electron chi connectivity index (χ1n) is 9.73. The summed E-state index contributed by atoms with van der Waals surface area (Å²) in [5.41, 5.74) is 0.617. The molecule has 1 saturated heterocycles. The van der Waals surface area contributed by atoms with Crippen LogP contribution in [0.4, 0.5) is 10.5 Å². The molecule has 1 aromatic carbocycles. The van der Waals surface area contributed by atoms with Crippen LogP contribution in [0.15, 0.2) is 29.2 Å². The fourth-order valence-electron chi connectivity index (χ4n) is 3.70. The minimum Gasteiger partial charge on any atom is -0.325 e. The summed E-state index contributed by atoms with van der Waals surface area (Å²) in [7, 11) is -3.52. The average molecular weight is 380 g/mol. The summed E-state index contributed by atoms with van der Waals surface area (Å²) >= 11 is 0. The first-order chi connectivity index (χ1) is 12.5. The summed E-state index contributed by atoms with van der Waals surface area (Å²) in [5.74, 6) is 0. The molecule has 1 saturated carbocycles. The van der Waals surface area contributed by atoms with Crippen LogP contribution in [0, 0.1) is 0 Å². The van der Waals surface area contributed by atoms with Crippen molar-refractivity contribution in [2.45, 2.75) is 68.7 Å². The number of benzene rings is 1. The normalized spacial score (nSPS) is 19.8. The molecule has 1 aromatic rings. The molecule has 7 heteroatoms. The van der Waals surface area contributed by atoms with Crippen molar-refractivity contribution in [2.24, 2.45) is 0 Å². The van der Waals surface area contributed by atoms with E-state index in [0.29, 0.717) is 5.69 Å². The van der Waals surface area contributed by atoms with Gasteiger partial charge in [-0.15, -0.1) is 0 Å². The lowest BCUT2D eigenvalue weighted by molar-refractivity contribution is 0.222. The van der Waals surface area contributed by atoms with Crippen molar-refractivity contribution in [3.05, 3.63) is 24.3 Å². The Labute approximate surface area is 156 Å². The van der Waals surface area contributed by atoms with Crippen LogP contribution in [-0.2, 0) is 10.0 Å². The molecular formula is C19H29N3O3S. The number of hydrogen-bond donors (Lipinski definition) is 2. The Kier molecular flexibility index (Phi) is 6.53. The number of rotatable bonds is 4. The summed E-state index contributed by atoms with van der Waals surface area (Å²) in [6.45, 7) is 1.56. The maximum absolute atomic E-state index is 12.6. The smallest absolute Gasteiger partial charge is 0.321 e. The van der Waals surface area contributed by atoms with Gasteiger partial charge in [0.1, 0.15) is 0 Å². The molecule has 0 spiro atoms. The highest BCUT2D eigenvalue weighted by Crippen LogP contribution is 2.20. The van der Waals surface area contributed by atoms with E-state index >= 15 is 0 Å². The molecule has 3 rings (SSSR count). The predicted octanol–water partition coefficient (Wildman–Crippen LogP) is 3.71. The number of nitrogens with one attached hydrogen (secondary N) is 2. The highest BCUT2D eigenvalue weighted by molar-refractivity contribution is 7.89. The second kappa shape index (κ2) is 8.86. The second-order valence-electron chi connectivity index (χ2n) is 7.31. The van der Waals surface area contributed by atoms with Gasteiger partial charge in [-0.3, -0.25) is 0 Å². The third-order valence-electron chi connectivity index (χ3n) is 5.24. The van der Waals surface area contributed by atoms with E-state index < -0.39 is 10.0 Å². The Balaban J connectivity index is 1.59. The van der Waals surface area contributed by atoms with Gasteiger partial charge in [0.15, 0.2) is 0 Å². The largest absolute Gasteiger partial charge is 0.325 e.